The third-order valence-electron chi connectivity index (χ3n) is 3.09. The maximum atomic E-state index is 9.67. The van der Waals surface area contributed by atoms with Gasteiger partial charge in [-0.3, -0.25) is 5.10 Å². The van der Waals surface area contributed by atoms with Crippen molar-refractivity contribution < 1.29 is 5.11 Å². The number of H-pyrrole nitrogens is 1. The molecule has 5 heteroatoms. The maximum Gasteiger partial charge on any atom is 0.120 e. The first-order valence-corrected chi connectivity index (χ1v) is 6.71. The van der Waals surface area contributed by atoms with Gasteiger partial charge in [0, 0.05) is 22.8 Å². The second kappa shape index (κ2) is 6.59. The summed E-state index contributed by atoms with van der Waals surface area (Å²) >= 11 is 5.89. The molecule has 4 nitrogen and oxygen atoms in total. The van der Waals surface area contributed by atoms with Gasteiger partial charge in [0.05, 0.1) is 6.20 Å². The number of hydrogen-bond donors (Lipinski definition) is 3. The molecule has 0 aliphatic heterocycles. The monoisotopic (exact) mass is 279 g/mol. The molecule has 0 radical (unpaired) electrons. The van der Waals surface area contributed by atoms with Crippen molar-refractivity contribution in [3.05, 3.63) is 46.2 Å². The summed E-state index contributed by atoms with van der Waals surface area (Å²) in [5.41, 5.74) is 3.21. The van der Waals surface area contributed by atoms with Crippen molar-refractivity contribution in [2.45, 2.75) is 26.3 Å². The van der Waals surface area contributed by atoms with Crippen LogP contribution in [0.1, 0.15) is 23.2 Å². The average molecular weight is 280 g/mol. The number of rotatable bonds is 6. The highest BCUT2D eigenvalue weighted by Gasteiger charge is 2.02. The molecule has 0 saturated heterocycles. The average Bonchev–Trinajstić information content (AvgIpc) is 2.79. The Labute approximate surface area is 117 Å². The number of aryl methyl sites for hydroxylation is 2. The van der Waals surface area contributed by atoms with Crippen molar-refractivity contribution in [2.24, 2.45) is 0 Å². The van der Waals surface area contributed by atoms with Crippen LogP contribution in [0.25, 0.3) is 0 Å². The Morgan fingerprint density at radius 1 is 1.37 bits per heavy atom. The minimum Gasteiger partial charge on any atom is -0.508 e. The number of hydrogen-bond acceptors (Lipinski definition) is 3. The standard InChI is InChI=1S/C14H18ClN3O/c1-10-11(9-17-18-10)3-2-6-16-8-12-7-13(15)4-5-14(12)19/h4-5,7,9,16,19H,2-3,6,8H2,1H3,(H,17,18). The van der Waals surface area contributed by atoms with Crippen LogP contribution < -0.4 is 5.32 Å². The maximum absolute atomic E-state index is 9.67. The first kappa shape index (κ1) is 13.9. The molecule has 3 N–H and O–H groups in total. The summed E-state index contributed by atoms with van der Waals surface area (Å²) < 4.78 is 0. The lowest BCUT2D eigenvalue weighted by Gasteiger charge is -2.07. The van der Waals surface area contributed by atoms with E-state index in [1.807, 2.05) is 13.1 Å². The molecule has 0 bridgehead atoms. The number of phenols is 1. The number of halogens is 1. The molecule has 2 aromatic rings. The molecule has 1 aromatic carbocycles. The minimum absolute atomic E-state index is 0.280. The van der Waals surface area contributed by atoms with Gasteiger partial charge >= 0.3 is 0 Å². The Morgan fingerprint density at radius 2 is 2.21 bits per heavy atom. The first-order chi connectivity index (χ1) is 9.16. The van der Waals surface area contributed by atoms with Crippen molar-refractivity contribution in [1.82, 2.24) is 15.5 Å². The zero-order chi connectivity index (χ0) is 13.7. The fourth-order valence-electron chi connectivity index (χ4n) is 1.95. The van der Waals surface area contributed by atoms with Crippen LogP contribution in [0.5, 0.6) is 5.75 Å². The molecule has 0 saturated carbocycles. The number of benzene rings is 1. The van der Waals surface area contributed by atoms with E-state index in [-0.39, 0.29) is 5.75 Å². The topological polar surface area (TPSA) is 60.9 Å². The SMILES string of the molecule is Cc1[nH]ncc1CCCNCc1cc(Cl)ccc1O. The van der Waals surface area contributed by atoms with Gasteiger partial charge in [-0.05, 0) is 50.1 Å². The van der Waals surface area contributed by atoms with Gasteiger partial charge in [0.1, 0.15) is 5.75 Å². The van der Waals surface area contributed by atoms with Crippen LogP contribution in [-0.2, 0) is 13.0 Å². The lowest BCUT2D eigenvalue weighted by molar-refractivity contribution is 0.464. The van der Waals surface area contributed by atoms with Gasteiger partial charge in [-0.2, -0.15) is 5.10 Å². The van der Waals surface area contributed by atoms with Crippen LogP contribution in [0.15, 0.2) is 24.4 Å². The van der Waals surface area contributed by atoms with Crippen molar-refractivity contribution in [3.8, 4) is 5.75 Å². The van der Waals surface area contributed by atoms with Crippen LogP contribution in [0.4, 0.5) is 0 Å². The molecule has 1 heterocycles. The van der Waals surface area contributed by atoms with E-state index in [4.69, 9.17) is 11.6 Å². The van der Waals surface area contributed by atoms with Crippen molar-refractivity contribution >= 4 is 11.6 Å². The van der Waals surface area contributed by atoms with Crippen molar-refractivity contribution in [2.75, 3.05) is 6.54 Å². The van der Waals surface area contributed by atoms with E-state index in [0.717, 1.165) is 30.6 Å². The van der Waals surface area contributed by atoms with Gasteiger partial charge in [-0.15, -0.1) is 0 Å². The predicted molar refractivity (Wildman–Crippen MR) is 76.5 cm³/mol. The van der Waals surface area contributed by atoms with Gasteiger partial charge in [0.25, 0.3) is 0 Å². The molecule has 1 aromatic heterocycles. The van der Waals surface area contributed by atoms with Crippen LogP contribution in [0.2, 0.25) is 5.02 Å². The highest BCUT2D eigenvalue weighted by molar-refractivity contribution is 6.30. The zero-order valence-corrected chi connectivity index (χ0v) is 11.7. The van der Waals surface area contributed by atoms with E-state index in [9.17, 15) is 5.11 Å². The molecule has 2 rings (SSSR count). The summed E-state index contributed by atoms with van der Waals surface area (Å²) in [4.78, 5) is 0. The molecule has 0 spiro atoms. The van der Waals surface area contributed by atoms with Crippen LogP contribution in [0.3, 0.4) is 0 Å². The molecule has 0 fully saturated rings. The van der Waals surface area contributed by atoms with Crippen molar-refractivity contribution in [1.29, 1.82) is 0 Å². The molecule has 0 atom stereocenters. The number of aromatic hydroxyl groups is 1. The molecule has 0 amide bonds. The Hall–Kier alpha value is -1.52. The van der Waals surface area contributed by atoms with Gasteiger partial charge in [0.15, 0.2) is 0 Å². The van der Waals surface area contributed by atoms with Gasteiger partial charge < -0.3 is 10.4 Å². The highest BCUT2D eigenvalue weighted by Crippen LogP contribution is 2.21. The zero-order valence-electron chi connectivity index (χ0n) is 10.9. The number of aromatic amines is 1. The Balaban J connectivity index is 1.72. The summed E-state index contributed by atoms with van der Waals surface area (Å²) in [6.45, 7) is 3.53. The smallest absolute Gasteiger partial charge is 0.120 e. The van der Waals surface area contributed by atoms with E-state index in [0.29, 0.717) is 11.6 Å². The number of nitrogens with one attached hydrogen (secondary N) is 2. The molecular formula is C14H18ClN3O. The second-order valence-electron chi connectivity index (χ2n) is 4.57. The lowest BCUT2D eigenvalue weighted by atomic mass is 10.1. The minimum atomic E-state index is 0.280. The van der Waals surface area contributed by atoms with Crippen LogP contribution in [0, 0.1) is 6.92 Å². The van der Waals surface area contributed by atoms with Crippen LogP contribution in [-0.4, -0.2) is 21.8 Å². The predicted octanol–water partition coefficient (Wildman–Crippen LogP) is 2.80. The van der Waals surface area contributed by atoms with Gasteiger partial charge in [0.2, 0.25) is 0 Å². The summed E-state index contributed by atoms with van der Waals surface area (Å²) in [5.74, 6) is 0.280. The van der Waals surface area contributed by atoms with E-state index < -0.39 is 0 Å². The second-order valence-corrected chi connectivity index (χ2v) is 5.01. The molecule has 0 aliphatic rings. The van der Waals surface area contributed by atoms with Crippen molar-refractivity contribution in [3.63, 3.8) is 0 Å². The highest BCUT2D eigenvalue weighted by atomic mass is 35.5. The first-order valence-electron chi connectivity index (χ1n) is 6.34. The summed E-state index contributed by atoms with van der Waals surface area (Å²) in [7, 11) is 0. The third kappa shape index (κ3) is 3.98. The third-order valence-corrected chi connectivity index (χ3v) is 3.33. The number of aromatic nitrogens is 2. The fourth-order valence-corrected chi connectivity index (χ4v) is 2.14. The summed E-state index contributed by atoms with van der Waals surface area (Å²) in [6.07, 6.45) is 3.90. The Kier molecular flexibility index (Phi) is 4.82. The summed E-state index contributed by atoms with van der Waals surface area (Å²) in [6, 6.07) is 5.08. The number of nitrogens with zero attached hydrogens (tertiary/aromatic N) is 1. The fraction of sp³-hybridized carbons (Fsp3) is 0.357. The van der Waals surface area contributed by atoms with E-state index in [1.165, 1.54) is 5.56 Å². The van der Waals surface area contributed by atoms with E-state index in [2.05, 4.69) is 15.5 Å². The summed E-state index contributed by atoms with van der Waals surface area (Å²) in [5, 5.41) is 20.5. The lowest BCUT2D eigenvalue weighted by Crippen LogP contribution is -2.15. The van der Waals surface area contributed by atoms with Gasteiger partial charge in [-0.1, -0.05) is 11.6 Å². The Bertz CT molecular complexity index is 539. The van der Waals surface area contributed by atoms with Gasteiger partial charge in [-0.25, -0.2) is 0 Å². The van der Waals surface area contributed by atoms with E-state index >= 15 is 0 Å². The largest absolute Gasteiger partial charge is 0.508 e. The molecular weight excluding hydrogens is 262 g/mol. The molecule has 19 heavy (non-hydrogen) atoms. The van der Waals surface area contributed by atoms with Crippen LogP contribution >= 0.6 is 11.6 Å². The molecule has 0 unspecified atom stereocenters. The molecule has 102 valence electrons. The normalized spacial score (nSPS) is 10.8. The van der Waals surface area contributed by atoms with E-state index in [1.54, 1.807) is 18.2 Å². The molecule has 0 aliphatic carbocycles. The quantitative estimate of drug-likeness (QED) is 0.713. The number of phenolic OH excluding ortho intramolecular Hbond substituents is 1. The Morgan fingerprint density at radius 3 is 2.95 bits per heavy atom.